The molecule has 212 valence electrons. The van der Waals surface area contributed by atoms with Gasteiger partial charge in [0.15, 0.2) is 0 Å². The molecule has 3 unspecified atom stereocenters. The average Bonchev–Trinajstić information content (AvgIpc) is 2.87. The van der Waals surface area contributed by atoms with Crippen LogP contribution in [-0.2, 0) is 30.4 Å². The van der Waals surface area contributed by atoms with E-state index in [1.54, 1.807) is 25.7 Å². The van der Waals surface area contributed by atoms with E-state index in [4.69, 9.17) is 16.2 Å². The molecule has 3 atom stereocenters. The number of ether oxygens (including phenoxy) is 1. The van der Waals surface area contributed by atoms with Crippen LogP contribution in [0.1, 0.15) is 67.5 Å². The molecule has 5 rings (SSSR count). The number of carbonyl (C=O) groups is 1. The van der Waals surface area contributed by atoms with Gasteiger partial charge in [0.2, 0.25) is 0 Å². The van der Waals surface area contributed by atoms with Gasteiger partial charge in [-0.25, -0.2) is 22.4 Å². The smallest absolute Gasteiger partial charge is 0.410 e. The number of piperazine rings is 1. The predicted molar refractivity (Wildman–Crippen MR) is 141 cm³/mol. The Hall–Kier alpha value is -2.85. The molecule has 2 aliphatic carbocycles. The highest BCUT2D eigenvalue weighted by Crippen LogP contribution is 2.38. The van der Waals surface area contributed by atoms with Gasteiger partial charge in [-0.05, 0) is 87.6 Å². The molecular weight excluding hydrogens is 512 g/mol. The lowest BCUT2D eigenvalue weighted by Crippen LogP contribution is -2.52. The highest BCUT2D eigenvalue weighted by Gasteiger charge is 2.39. The van der Waals surface area contributed by atoms with E-state index in [0.29, 0.717) is 30.4 Å². The molecule has 1 saturated heterocycles. The van der Waals surface area contributed by atoms with Crippen molar-refractivity contribution in [3.8, 4) is 0 Å². The van der Waals surface area contributed by atoms with Crippen LogP contribution in [0.5, 0.6) is 0 Å². The zero-order valence-corrected chi connectivity index (χ0v) is 22.6. The van der Waals surface area contributed by atoms with Crippen molar-refractivity contribution in [1.29, 1.82) is 0 Å². The van der Waals surface area contributed by atoms with E-state index >= 15 is 17.6 Å². The van der Waals surface area contributed by atoms with Crippen molar-refractivity contribution in [3.05, 3.63) is 63.2 Å². The molecular formula is C29H36F4N4O2. The second-order valence-corrected chi connectivity index (χ2v) is 12.0. The number of anilines is 1. The fourth-order valence-electron chi connectivity index (χ4n) is 6.07. The van der Waals surface area contributed by atoms with Gasteiger partial charge in [-0.1, -0.05) is 0 Å². The highest BCUT2D eigenvalue weighted by atomic mass is 19.1. The molecule has 2 aromatic carbocycles. The molecule has 1 heterocycles. The molecule has 1 amide bonds. The minimum atomic E-state index is -0.990. The number of nitrogens with zero attached hydrogens (tertiary/aromatic N) is 2. The monoisotopic (exact) mass is 548 g/mol. The van der Waals surface area contributed by atoms with Crippen LogP contribution in [0.25, 0.3) is 0 Å². The van der Waals surface area contributed by atoms with Crippen LogP contribution in [0.4, 0.5) is 28.0 Å². The Labute approximate surface area is 226 Å². The lowest BCUT2D eigenvalue weighted by Gasteiger charge is -2.43. The molecule has 0 spiro atoms. The summed E-state index contributed by atoms with van der Waals surface area (Å²) in [6, 6.07) is 0.795. The number of fused-ring (bicyclic) bond motifs is 2. The second-order valence-electron chi connectivity index (χ2n) is 12.0. The van der Waals surface area contributed by atoms with Crippen LogP contribution >= 0.6 is 0 Å². The maximum absolute atomic E-state index is 16.0. The SMILES string of the molecule is CC(C)(C)OC(=O)N1CCN(c2cc(F)c3c(c2F)CCC(N)C3)CC1c1cc(F)c2c(c1F)CCC(N)C2. The maximum atomic E-state index is 16.0. The van der Waals surface area contributed by atoms with Crippen LogP contribution in [0, 0.1) is 23.3 Å². The summed E-state index contributed by atoms with van der Waals surface area (Å²) >= 11 is 0. The Morgan fingerprint density at radius 3 is 2.03 bits per heavy atom. The molecule has 2 aromatic rings. The van der Waals surface area contributed by atoms with Gasteiger partial charge in [0.1, 0.15) is 28.9 Å². The van der Waals surface area contributed by atoms with Gasteiger partial charge in [0.25, 0.3) is 0 Å². The molecule has 1 fully saturated rings. The number of nitrogens with two attached hydrogens (primary N) is 2. The topological polar surface area (TPSA) is 84.8 Å². The van der Waals surface area contributed by atoms with E-state index < -0.39 is 41.0 Å². The summed E-state index contributed by atoms with van der Waals surface area (Å²) in [6.07, 6.45) is 1.47. The molecule has 0 radical (unpaired) electrons. The standard InChI is InChI=1S/C29H36F4N4O2/c1-29(2,3)39-28(38)37-9-8-36(24-13-23(31)20-11-16(35)5-7-18(20)27(24)33)14-25(37)21-12-22(30)19-10-15(34)4-6-17(19)26(21)32/h12-13,15-16,25H,4-11,14,34-35H2,1-3H3. The minimum absolute atomic E-state index is 0.0119. The first-order valence-corrected chi connectivity index (χ1v) is 13.6. The minimum Gasteiger partial charge on any atom is -0.444 e. The molecule has 0 saturated carbocycles. The summed E-state index contributed by atoms with van der Waals surface area (Å²) in [5, 5.41) is 0. The predicted octanol–water partition coefficient (Wildman–Crippen LogP) is 4.67. The number of rotatable bonds is 2. The van der Waals surface area contributed by atoms with E-state index in [0.717, 1.165) is 12.1 Å². The van der Waals surface area contributed by atoms with Crippen molar-refractivity contribution in [2.45, 2.75) is 83.0 Å². The van der Waals surface area contributed by atoms with Crippen molar-refractivity contribution in [2.24, 2.45) is 11.5 Å². The van der Waals surface area contributed by atoms with Gasteiger partial charge in [-0.15, -0.1) is 0 Å². The van der Waals surface area contributed by atoms with Crippen molar-refractivity contribution in [3.63, 3.8) is 0 Å². The lowest BCUT2D eigenvalue weighted by atomic mass is 9.85. The number of halogens is 4. The number of hydrogen-bond acceptors (Lipinski definition) is 5. The first kappa shape index (κ1) is 27.7. The summed E-state index contributed by atoms with van der Waals surface area (Å²) in [5.41, 5.74) is 12.3. The summed E-state index contributed by atoms with van der Waals surface area (Å²) in [7, 11) is 0. The number of amides is 1. The van der Waals surface area contributed by atoms with E-state index in [1.165, 1.54) is 4.90 Å². The normalized spacial score (nSPS) is 23.4. The Balaban J connectivity index is 1.55. The molecule has 4 N–H and O–H groups in total. The summed E-state index contributed by atoms with van der Waals surface area (Å²) in [5.74, 6) is -2.25. The molecule has 0 bridgehead atoms. The Morgan fingerprint density at radius 2 is 1.44 bits per heavy atom. The fourth-order valence-corrected chi connectivity index (χ4v) is 6.07. The highest BCUT2D eigenvalue weighted by molar-refractivity contribution is 5.70. The Kier molecular flexibility index (Phi) is 7.30. The number of benzene rings is 2. The van der Waals surface area contributed by atoms with Crippen LogP contribution < -0.4 is 16.4 Å². The van der Waals surface area contributed by atoms with Gasteiger partial charge in [0.05, 0.1) is 11.7 Å². The van der Waals surface area contributed by atoms with Gasteiger partial charge >= 0.3 is 6.09 Å². The third-order valence-electron chi connectivity index (χ3n) is 8.03. The van der Waals surface area contributed by atoms with Gasteiger partial charge in [0, 0.05) is 43.3 Å². The van der Waals surface area contributed by atoms with E-state index in [9.17, 15) is 4.79 Å². The Morgan fingerprint density at radius 1 is 0.872 bits per heavy atom. The quantitative estimate of drug-likeness (QED) is 0.533. The van der Waals surface area contributed by atoms with Gasteiger partial charge in [-0.3, -0.25) is 4.90 Å². The van der Waals surface area contributed by atoms with E-state index in [1.807, 2.05) is 0 Å². The van der Waals surface area contributed by atoms with Crippen molar-refractivity contribution in [1.82, 2.24) is 4.90 Å². The summed E-state index contributed by atoms with van der Waals surface area (Å²) in [6.45, 7) is 5.30. The van der Waals surface area contributed by atoms with E-state index in [2.05, 4.69) is 0 Å². The van der Waals surface area contributed by atoms with Crippen LogP contribution in [0.15, 0.2) is 12.1 Å². The van der Waals surface area contributed by atoms with Crippen molar-refractivity contribution >= 4 is 11.8 Å². The first-order valence-electron chi connectivity index (χ1n) is 13.6. The van der Waals surface area contributed by atoms with Gasteiger partial charge < -0.3 is 21.1 Å². The third-order valence-corrected chi connectivity index (χ3v) is 8.03. The number of hydrogen-bond donors (Lipinski definition) is 2. The Bertz CT molecular complexity index is 1300. The zero-order chi connectivity index (χ0) is 28.2. The molecule has 10 heteroatoms. The molecule has 6 nitrogen and oxygen atoms in total. The molecule has 39 heavy (non-hydrogen) atoms. The largest absolute Gasteiger partial charge is 0.444 e. The van der Waals surface area contributed by atoms with Crippen LogP contribution in [-0.4, -0.2) is 48.3 Å². The summed E-state index contributed by atoms with van der Waals surface area (Å²) in [4.78, 5) is 16.2. The third kappa shape index (κ3) is 5.33. The lowest BCUT2D eigenvalue weighted by molar-refractivity contribution is 0.0133. The number of carbonyl (C=O) groups excluding carboxylic acids is 1. The summed E-state index contributed by atoms with van der Waals surface area (Å²) < 4.78 is 67.8. The van der Waals surface area contributed by atoms with Gasteiger partial charge in [-0.2, -0.15) is 0 Å². The maximum Gasteiger partial charge on any atom is 0.410 e. The fraction of sp³-hybridized carbons (Fsp3) is 0.552. The van der Waals surface area contributed by atoms with Crippen LogP contribution in [0.2, 0.25) is 0 Å². The van der Waals surface area contributed by atoms with Crippen molar-refractivity contribution < 1.29 is 27.1 Å². The zero-order valence-electron chi connectivity index (χ0n) is 22.6. The molecule has 1 aliphatic heterocycles. The molecule has 0 aromatic heterocycles. The van der Waals surface area contributed by atoms with E-state index in [-0.39, 0.29) is 73.4 Å². The van der Waals surface area contributed by atoms with Crippen molar-refractivity contribution in [2.75, 3.05) is 24.5 Å². The first-order chi connectivity index (χ1) is 18.3. The van der Waals surface area contributed by atoms with Crippen LogP contribution in [0.3, 0.4) is 0 Å². The average molecular weight is 549 g/mol. The molecule has 3 aliphatic rings. The second kappa shape index (κ2) is 10.3.